The Labute approximate surface area is 122 Å². The summed E-state index contributed by atoms with van der Waals surface area (Å²) in [5.74, 6) is 0.412. The second-order valence-electron chi connectivity index (χ2n) is 5.67. The van der Waals surface area contributed by atoms with Gasteiger partial charge in [-0.25, -0.2) is 0 Å². The third-order valence-corrected chi connectivity index (χ3v) is 4.27. The Bertz CT molecular complexity index is 421. The third kappa shape index (κ3) is 3.83. The Kier molecular flexibility index (Phi) is 5.60. The smallest absolute Gasteiger partial charge is 0.223 e. The predicted octanol–water partition coefficient (Wildman–Crippen LogP) is 2.69. The number of amides is 1. The monoisotopic (exact) mass is 274 g/mol. The molecule has 1 saturated heterocycles. The van der Waals surface area contributed by atoms with Gasteiger partial charge in [-0.3, -0.25) is 4.79 Å². The molecule has 1 aromatic carbocycles. The van der Waals surface area contributed by atoms with Crippen LogP contribution in [0.15, 0.2) is 24.3 Å². The fourth-order valence-corrected chi connectivity index (χ4v) is 2.85. The summed E-state index contributed by atoms with van der Waals surface area (Å²) in [6.07, 6.45) is 5.12. The lowest BCUT2D eigenvalue weighted by Gasteiger charge is -2.28. The van der Waals surface area contributed by atoms with E-state index >= 15 is 0 Å². The van der Waals surface area contributed by atoms with Crippen molar-refractivity contribution in [1.29, 1.82) is 0 Å². The Morgan fingerprint density at radius 3 is 2.40 bits per heavy atom. The maximum atomic E-state index is 12.3. The third-order valence-electron chi connectivity index (χ3n) is 4.27. The Hall–Kier alpha value is -1.35. The molecule has 2 N–H and O–H groups in total. The number of rotatable bonds is 5. The molecule has 2 rings (SSSR count). The van der Waals surface area contributed by atoms with E-state index in [1.54, 1.807) is 0 Å². The SMILES string of the molecule is CCc1ccc(C(CN)CC(=O)N2CCCCC2)cc1. The summed E-state index contributed by atoms with van der Waals surface area (Å²) < 4.78 is 0. The van der Waals surface area contributed by atoms with Crippen LogP contribution in [0.25, 0.3) is 0 Å². The van der Waals surface area contributed by atoms with Crippen LogP contribution >= 0.6 is 0 Å². The molecular formula is C17H26N2O. The van der Waals surface area contributed by atoms with Gasteiger partial charge in [0.1, 0.15) is 0 Å². The summed E-state index contributed by atoms with van der Waals surface area (Å²) in [6, 6.07) is 8.53. The van der Waals surface area contributed by atoms with E-state index in [0.29, 0.717) is 13.0 Å². The van der Waals surface area contributed by atoms with Crippen LogP contribution in [0, 0.1) is 0 Å². The van der Waals surface area contributed by atoms with Crippen LogP contribution in [0.4, 0.5) is 0 Å². The maximum absolute atomic E-state index is 12.3. The normalized spacial score (nSPS) is 17.0. The number of carbonyl (C=O) groups is 1. The van der Waals surface area contributed by atoms with Crippen molar-refractivity contribution in [3.05, 3.63) is 35.4 Å². The van der Waals surface area contributed by atoms with Gasteiger partial charge in [0.05, 0.1) is 0 Å². The first-order chi connectivity index (χ1) is 9.74. The quantitative estimate of drug-likeness (QED) is 0.897. The van der Waals surface area contributed by atoms with Crippen LogP contribution in [0.2, 0.25) is 0 Å². The second kappa shape index (κ2) is 7.44. The van der Waals surface area contributed by atoms with Crippen molar-refractivity contribution in [2.75, 3.05) is 19.6 Å². The highest BCUT2D eigenvalue weighted by Gasteiger charge is 2.21. The molecule has 0 aromatic heterocycles. The van der Waals surface area contributed by atoms with Gasteiger partial charge in [0.25, 0.3) is 0 Å². The average Bonchev–Trinajstić information content (AvgIpc) is 2.53. The number of carbonyl (C=O) groups excluding carboxylic acids is 1. The standard InChI is InChI=1S/C17H26N2O/c1-2-14-6-8-15(9-7-14)16(13-18)12-17(20)19-10-4-3-5-11-19/h6-9,16H,2-5,10-13,18H2,1H3. The summed E-state index contributed by atoms with van der Waals surface area (Å²) in [5, 5.41) is 0. The van der Waals surface area contributed by atoms with E-state index in [1.165, 1.54) is 17.5 Å². The lowest BCUT2D eigenvalue weighted by Crippen LogP contribution is -2.37. The lowest BCUT2D eigenvalue weighted by atomic mass is 9.93. The summed E-state index contributed by atoms with van der Waals surface area (Å²) >= 11 is 0. The van der Waals surface area contributed by atoms with Crippen LogP contribution in [0.3, 0.4) is 0 Å². The molecule has 3 heteroatoms. The van der Waals surface area contributed by atoms with Crippen molar-refractivity contribution >= 4 is 5.91 Å². The molecule has 20 heavy (non-hydrogen) atoms. The van der Waals surface area contributed by atoms with Gasteiger partial charge in [0, 0.05) is 25.4 Å². The molecule has 1 aromatic rings. The minimum atomic E-state index is 0.148. The van der Waals surface area contributed by atoms with Gasteiger partial charge in [-0.2, -0.15) is 0 Å². The van der Waals surface area contributed by atoms with Crippen LogP contribution in [0.1, 0.15) is 49.7 Å². The van der Waals surface area contributed by atoms with Crippen molar-refractivity contribution < 1.29 is 4.79 Å². The largest absolute Gasteiger partial charge is 0.343 e. The summed E-state index contributed by atoms with van der Waals surface area (Å²) in [6.45, 7) is 4.52. The van der Waals surface area contributed by atoms with Crippen molar-refractivity contribution in [3.8, 4) is 0 Å². The molecule has 1 unspecified atom stereocenters. The molecule has 0 saturated carbocycles. The number of piperidine rings is 1. The number of likely N-dealkylation sites (tertiary alicyclic amines) is 1. The Morgan fingerprint density at radius 1 is 1.20 bits per heavy atom. The molecule has 0 bridgehead atoms. The summed E-state index contributed by atoms with van der Waals surface area (Å²) in [5.41, 5.74) is 8.40. The van der Waals surface area contributed by atoms with Crippen molar-refractivity contribution in [1.82, 2.24) is 4.90 Å². The first kappa shape index (κ1) is 15.0. The van der Waals surface area contributed by atoms with Gasteiger partial charge in [-0.05, 0) is 43.4 Å². The number of nitrogens with zero attached hydrogens (tertiary/aromatic N) is 1. The van der Waals surface area contributed by atoms with Crippen LogP contribution in [-0.2, 0) is 11.2 Å². The highest BCUT2D eigenvalue weighted by atomic mass is 16.2. The highest BCUT2D eigenvalue weighted by molar-refractivity contribution is 5.77. The van der Waals surface area contributed by atoms with E-state index in [0.717, 1.165) is 32.4 Å². The Balaban J connectivity index is 1.98. The van der Waals surface area contributed by atoms with Crippen LogP contribution in [0.5, 0.6) is 0 Å². The van der Waals surface area contributed by atoms with Crippen molar-refractivity contribution in [2.45, 2.75) is 44.9 Å². The maximum Gasteiger partial charge on any atom is 0.223 e. The molecule has 0 radical (unpaired) electrons. The van der Waals surface area contributed by atoms with Crippen molar-refractivity contribution in [2.24, 2.45) is 5.73 Å². The van der Waals surface area contributed by atoms with Gasteiger partial charge in [-0.1, -0.05) is 31.2 Å². The van der Waals surface area contributed by atoms with Crippen molar-refractivity contribution in [3.63, 3.8) is 0 Å². The molecule has 1 amide bonds. The minimum absolute atomic E-state index is 0.148. The molecule has 0 aliphatic carbocycles. The van der Waals surface area contributed by atoms with Gasteiger partial charge >= 0.3 is 0 Å². The molecule has 0 spiro atoms. The zero-order chi connectivity index (χ0) is 14.4. The van der Waals surface area contributed by atoms with Crippen LogP contribution in [-0.4, -0.2) is 30.4 Å². The zero-order valence-electron chi connectivity index (χ0n) is 12.5. The van der Waals surface area contributed by atoms with Gasteiger partial charge in [0.2, 0.25) is 5.91 Å². The van der Waals surface area contributed by atoms with E-state index in [-0.39, 0.29) is 11.8 Å². The fourth-order valence-electron chi connectivity index (χ4n) is 2.85. The topological polar surface area (TPSA) is 46.3 Å². The second-order valence-corrected chi connectivity index (χ2v) is 5.67. The predicted molar refractivity (Wildman–Crippen MR) is 82.7 cm³/mol. The number of hydrogen-bond donors (Lipinski definition) is 1. The van der Waals surface area contributed by atoms with E-state index < -0.39 is 0 Å². The lowest BCUT2D eigenvalue weighted by molar-refractivity contribution is -0.132. The minimum Gasteiger partial charge on any atom is -0.343 e. The van der Waals surface area contributed by atoms with E-state index in [9.17, 15) is 4.79 Å². The van der Waals surface area contributed by atoms with E-state index in [1.807, 2.05) is 4.90 Å². The number of aryl methyl sites for hydroxylation is 1. The summed E-state index contributed by atoms with van der Waals surface area (Å²) in [4.78, 5) is 14.3. The molecule has 1 aliphatic heterocycles. The molecule has 1 atom stereocenters. The molecule has 3 nitrogen and oxygen atoms in total. The number of nitrogens with two attached hydrogens (primary N) is 1. The van der Waals surface area contributed by atoms with Gasteiger partial charge < -0.3 is 10.6 Å². The Morgan fingerprint density at radius 2 is 1.85 bits per heavy atom. The van der Waals surface area contributed by atoms with Gasteiger partial charge in [0.15, 0.2) is 0 Å². The fraction of sp³-hybridized carbons (Fsp3) is 0.588. The molecule has 1 heterocycles. The number of benzene rings is 1. The first-order valence-corrected chi connectivity index (χ1v) is 7.81. The zero-order valence-corrected chi connectivity index (χ0v) is 12.5. The number of hydrogen-bond acceptors (Lipinski definition) is 2. The molecule has 1 fully saturated rings. The highest BCUT2D eigenvalue weighted by Crippen LogP contribution is 2.21. The van der Waals surface area contributed by atoms with E-state index in [4.69, 9.17) is 5.73 Å². The van der Waals surface area contributed by atoms with Gasteiger partial charge in [-0.15, -0.1) is 0 Å². The first-order valence-electron chi connectivity index (χ1n) is 7.81. The molecule has 110 valence electrons. The van der Waals surface area contributed by atoms with Crippen LogP contribution < -0.4 is 5.73 Å². The summed E-state index contributed by atoms with van der Waals surface area (Å²) in [7, 11) is 0. The van der Waals surface area contributed by atoms with E-state index in [2.05, 4.69) is 31.2 Å². The molecular weight excluding hydrogens is 248 g/mol. The average molecular weight is 274 g/mol. The molecule has 1 aliphatic rings.